The Labute approximate surface area is 96.8 Å². The van der Waals surface area contributed by atoms with Crippen LogP contribution in [0.2, 0.25) is 0 Å². The fraction of sp³-hybridized carbons (Fsp3) is 0.917. The van der Waals surface area contributed by atoms with Gasteiger partial charge < -0.3 is 5.32 Å². The Hall–Kier alpha value is -0.240. The van der Waals surface area contributed by atoms with Crippen LogP contribution in [0.1, 0.15) is 45.4 Å². The molecule has 15 heavy (non-hydrogen) atoms. The zero-order valence-electron chi connectivity index (χ0n) is 9.39. The SMILES string of the molecule is CC1CCCC1C(=O)NC1(CCl)CCC1. The molecule has 0 aliphatic heterocycles. The Kier molecular flexibility index (Phi) is 3.24. The lowest BCUT2D eigenvalue weighted by atomic mass is 9.77. The van der Waals surface area contributed by atoms with Gasteiger partial charge in [-0.2, -0.15) is 0 Å². The van der Waals surface area contributed by atoms with Gasteiger partial charge in [0.25, 0.3) is 0 Å². The molecule has 0 aromatic carbocycles. The maximum atomic E-state index is 12.1. The summed E-state index contributed by atoms with van der Waals surface area (Å²) in [5, 5.41) is 3.18. The number of amides is 1. The predicted molar refractivity (Wildman–Crippen MR) is 61.9 cm³/mol. The molecule has 2 saturated carbocycles. The van der Waals surface area contributed by atoms with Gasteiger partial charge in [0.1, 0.15) is 0 Å². The number of alkyl halides is 1. The van der Waals surface area contributed by atoms with Crippen LogP contribution in [0.25, 0.3) is 0 Å². The van der Waals surface area contributed by atoms with Gasteiger partial charge in [-0.25, -0.2) is 0 Å². The minimum Gasteiger partial charge on any atom is -0.349 e. The Bertz CT molecular complexity index is 244. The first-order chi connectivity index (χ1) is 7.17. The lowest BCUT2D eigenvalue weighted by Crippen LogP contribution is -2.56. The summed E-state index contributed by atoms with van der Waals surface area (Å²) in [6.07, 6.45) is 6.78. The van der Waals surface area contributed by atoms with Crippen LogP contribution in [-0.4, -0.2) is 17.3 Å². The zero-order valence-corrected chi connectivity index (χ0v) is 10.1. The first-order valence-electron chi connectivity index (χ1n) is 6.05. The molecule has 2 fully saturated rings. The average Bonchev–Trinajstić information content (AvgIpc) is 2.58. The molecule has 2 rings (SSSR count). The van der Waals surface area contributed by atoms with Gasteiger partial charge >= 0.3 is 0 Å². The van der Waals surface area contributed by atoms with Crippen LogP contribution < -0.4 is 5.32 Å². The van der Waals surface area contributed by atoms with Gasteiger partial charge in [0, 0.05) is 11.8 Å². The van der Waals surface area contributed by atoms with Crippen molar-refractivity contribution in [2.45, 2.75) is 51.0 Å². The van der Waals surface area contributed by atoms with Gasteiger partial charge in [-0.05, 0) is 38.0 Å². The van der Waals surface area contributed by atoms with Crippen LogP contribution in [0, 0.1) is 11.8 Å². The van der Waals surface area contributed by atoms with Crippen molar-refractivity contribution in [3.8, 4) is 0 Å². The molecule has 0 heterocycles. The smallest absolute Gasteiger partial charge is 0.223 e. The Morgan fingerprint density at radius 3 is 2.53 bits per heavy atom. The minimum absolute atomic E-state index is 0.0546. The summed E-state index contributed by atoms with van der Waals surface area (Å²) in [7, 11) is 0. The van der Waals surface area contributed by atoms with E-state index in [1.165, 1.54) is 19.3 Å². The maximum Gasteiger partial charge on any atom is 0.223 e. The number of rotatable bonds is 3. The Morgan fingerprint density at radius 2 is 2.13 bits per heavy atom. The lowest BCUT2D eigenvalue weighted by molar-refractivity contribution is -0.128. The summed E-state index contributed by atoms with van der Waals surface area (Å²) in [5.41, 5.74) is -0.0546. The number of halogens is 1. The predicted octanol–water partition coefficient (Wildman–Crippen LogP) is 2.70. The third-order valence-electron chi connectivity index (χ3n) is 4.15. The van der Waals surface area contributed by atoms with E-state index in [1.54, 1.807) is 0 Å². The van der Waals surface area contributed by atoms with Gasteiger partial charge in [-0.3, -0.25) is 4.79 Å². The molecule has 0 aromatic rings. The number of hydrogen-bond donors (Lipinski definition) is 1. The van der Waals surface area contributed by atoms with E-state index in [-0.39, 0.29) is 17.4 Å². The Balaban J connectivity index is 1.91. The first-order valence-corrected chi connectivity index (χ1v) is 6.58. The quantitative estimate of drug-likeness (QED) is 0.741. The van der Waals surface area contributed by atoms with E-state index in [0.717, 1.165) is 19.3 Å². The van der Waals surface area contributed by atoms with Crippen molar-refractivity contribution in [1.29, 1.82) is 0 Å². The molecule has 2 aliphatic carbocycles. The number of hydrogen-bond acceptors (Lipinski definition) is 1. The fourth-order valence-corrected chi connectivity index (χ4v) is 3.12. The minimum atomic E-state index is -0.0546. The molecule has 0 saturated heterocycles. The van der Waals surface area contributed by atoms with Crippen molar-refractivity contribution >= 4 is 17.5 Å². The highest BCUT2D eigenvalue weighted by Crippen LogP contribution is 2.36. The summed E-state index contributed by atoms with van der Waals surface area (Å²) in [4.78, 5) is 12.1. The molecule has 0 radical (unpaired) electrons. The number of carbonyl (C=O) groups excluding carboxylic acids is 1. The second kappa shape index (κ2) is 4.32. The summed E-state index contributed by atoms with van der Waals surface area (Å²) >= 11 is 5.93. The largest absolute Gasteiger partial charge is 0.349 e. The zero-order chi connectivity index (χ0) is 10.9. The van der Waals surface area contributed by atoms with Crippen molar-refractivity contribution in [1.82, 2.24) is 5.32 Å². The van der Waals surface area contributed by atoms with Crippen LogP contribution in [0.5, 0.6) is 0 Å². The van der Waals surface area contributed by atoms with Crippen molar-refractivity contribution in [2.75, 3.05) is 5.88 Å². The van der Waals surface area contributed by atoms with Gasteiger partial charge in [-0.1, -0.05) is 13.3 Å². The van der Waals surface area contributed by atoms with Crippen LogP contribution in [0.4, 0.5) is 0 Å². The summed E-state index contributed by atoms with van der Waals surface area (Å²) in [6, 6.07) is 0. The molecular weight excluding hydrogens is 210 g/mol. The topological polar surface area (TPSA) is 29.1 Å². The summed E-state index contributed by atoms with van der Waals surface area (Å²) in [6.45, 7) is 2.19. The molecule has 3 heteroatoms. The van der Waals surface area contributed by atoms with Crippen LogP contribution >= 0.6 is 11.6 Å². The molecule has 2 aliphatic rings. The van der Waals surface area contributed by atoms with Gasteiger partial charge in [-0.15, -0.1) is 11.6 Å². The lowest BCUT2D eigenvalue weighted by Gasteiger charge is -2.41. The summed E-state index contributed by atoms with van der Waals surface area (Å²) in [5.74, 6) is 1.61. The molecule has 1 N–H and O–H groups in total. The standard InChI is InChI=1S/C12H20ClNO/c1-9-4-2-5-10(9)11(15)14-12(8-13)6-3-7-12/h9-10H,2-8H2,1H3,(H,14,15). The number of nitrogens with one attached hydrogen (secondary N) is 1. The maximum absolute atomic E-state index is 12.1. The average molecular weight is 230 g/mol. The highest BCUT2D eigenvalue weighted by Gasteiger charge is 2.40. The van der Waals surface area contributed by atoms with E-state index < -0.39 is 0 Å². The van der Waals surface area contributed by atoms with Crippen LogP contribution in [0.15, 0.2) is 0 Å². The molecule has 2 atom stereocenters. The van der Waals surface area contributed by atoms with E-state index in [9.17, 15) is 4.79 Å². The molecular formula is C12H20ClNO. The molecule has 0 bridgehead atoms. The van der Waals surface area contributed by atoms with E-state index >= 15 is 0 Å². The highest BCUT2D eigenvalue weighted by molar-refractivity contribution is 6.18. The first kappa shape index (κ1) is 11.3. The molecule has 2 nitrogen and oxygen atoms in total. The van der Waals surface area contributed by atoms with Gasteiger partial charge in [0.2, 0.25) is 5.91 Å². The van der Waals surface area contributed by atoms with Crippen molar-refractivity contribution in [2.24, 2.45) is 11.8 Å². The monoisotopic (exact) mass is 229 g/mol. The van der Waals surface area contributed by atoms with Crippen molar-refractivity contribution < 1.29 is 4.79 Å². The molecule has 86 valence electrons. The van der Waals surface area contributed by atoms with E-state index in [0.29, 0.717) is 11.8 Å². The second-order valence-electron chi connectivity index (χ2n) is 5.27. The number of carbonyl (C=O) groups is 1. The highest BCUT2D eigenvalue weighted by atomic mass is 35.5. The normalized spacial score (nSPS) is 33.5. The summed E-state index contributed by atoms with van der Waals surface area (Å²) < 4.78 is 0. The Morgan fingerprint density at radius 1 is 1.40 bits per heavy atom. The third-order valence-corrected chi connectivity index (χ3v) is 4.66. The molecule has 2 unspecified atom stereocenters. The van der Waals surface area contributed by atoms with Crippen LogP contribution in [0.3, 0.4) is 0 Å². The van der Waals surface area contributed by atoms with Crippen molar-refractivity contribution in [3.63, 3.8) is 0 Å². The van der Waals surface area contributed by atoms with Gasteiger partial charge in [0.15, 0.2) is 0 Å². The van der Waals surface area contributed by atoms with E-state index in [4.69, 9.17) is 11.6 Å². The van der Waals surface area contributed by atoms with Crippen LogP contribution in [-0.2, 0) is 4.79 Å². The molecule has 0 aromatic heterocycles. The van der Waals surface area contributed by atoms with Crippen molar-refractivity contribution in [3.05, 3.63) is 0 Å². The van der Waals surface area contributed by atoms with E-state index in [1.807, 2.05) is 0 Å². The third kappa shape index (κ3) is 2.15. The van der Waals surface area contributed by atoms with E-state index in [2.05, 4.69) is 12.2 Å². The second-order valence-corrected chi connectivity index (χ2v) is 5.54. The van der Waals surface area contributed by atoms with Gasteiger partial charge in [0.05, 0.1) is 5.54 Å². The fourth-order valence-electron chi connectivity index (χ4n) is 2.78. The molecule has 1 amide bonds. The molecule has 0 spiro atoms.